The fourth-order valence-corrected chi connectivity index (χ4v) is 4.29. The van der Waals surface area contributed by atoms with Gasteiger partial charge >= 0.3 is 0 Å². The van der Waals surface area contributed by atoms with E-state index in [-0.39, 0.29) is 11.8 Å². The molecule has 1 aliphatic carbocycles. The van der Waals surface area contributed by atoms with Gasteiger partial charge in [-0.05, 0) is 51.0 Å². The molecule has 2 aromatic rings. The van der Waals surface area contributed by atoms with Crippen LogP contribution < -0.4 is 5.32 Å². The SMILES string of the molecule is Cc1cccc(CN2CCCn3nc(C(=O)NCCC4=CCCCC4)cc3C2=O)c1. The van der Waals surface area contributed by atoms with E-state index in [1.165, 1.54) is 24.0 Å². The Morgan fingerprint density at radius 2 is 2.07 bits per heavy atom. The first-order chi connectivity index (χ1) is 14.6. The van der Waals surface area contributed by atoms with E-state index >= 15 is 0 Å². The molecule has 0 saturated heterocycles. The van der Waals surface area contributed by atoms with E-state index in [4.69, 9.17) is 0 Å². The summed E-state index contributed by atoms with van der Waals surface area (Å²) in [6.07, 6.45) is 8.82. The van der Waals surface area contributed by atoms with Crippen LogP contribution in [0, 0.1) is 6.92 Å². The lowest BCUT2D eigenvalue weighted by Gasteiger charge is -2.20. The fourth-order valence-electron chi connectivity index (χ4n) is 4.29. The number of fused-ring (bicyclic) bond motifs is 1. The summed E-state index contributed by atoms with van der Waals surface area (Å²) in [6.45, 7) is 4.57. The van der Waals surface area contributed by atoms with Gasteiger partial charge in [0, 0.05) is 32.2 Å². The zero-order valence-electron chi connectivity index (χ0n) is 17.7. The molecule has 2 heterocycles. The normalized spacial score (nSPS) is 16.6. The molecule has 4 rings (SSSR count). The molecular weight excluding hydrogens is 376 g/mol. The monoisotopic (exact) mass is 406 g/mol. The highest BCUT2D eigenvalue weighted by molar-refractivity contribution is 5.98. The number of nitrogens with zero attached hydrogens (tertiary/aromatic N) is 3. The van der Waals surface area contributed by atoms with E-state index in [0.717, 1.165) is 31.2 Å². The highest BCUT2D eigenvalue weighted by Crippen LogP contribution is 2.20. The lowest BCUT2D eigenvalue weighted by molar-refractivity contribution is 0.0745. The van der Waals surface area contributed by atoms with Crippen molar-refractivity contribution in [3.8, 4) is 0 Å². The first kappa shape index (κ1) is 20.4. The zero-order valence-corrected chi connectivity index (χ0v) is 17.7. The van der Waals surface area contributed by atoms with Crippen molar-refractivity contribution in [1.82, 2.24) is 20.0 Å². The summed E-state index contributed by atoms with van der Waals surface area (Å²) >= 11 is 0. The molecule has 1 N–H and O–H groups in total. The number of aryl methyl sites for hydroxylation is 2. The highest BCUT2D eigenvalue weighted by atomic mass is 16.2. The van der Waals surface area contributed by atoms with Crippen LogP contribution in [0.1, 0.15) is 70.6 Å². The quantitative estimate of drug-likeness (QED) is 0.741. The number of hydrogen-bond donors (Lipinski definition) is 1. The van der Waals surface area contributed by atoms with Gasteiger partial charge in [0.1, 0.15) is 5.69 Å². The van der Waals surface area contributed by atoms with Gasteiger partial charge in [-0.25, -0.2) is 0 Å². The number of carbonyl (C=O) groups is 2. The Hall–Kier alpha value is -2.89. The Morgan fingerprint density at radius 1 is 1.17 bits per heavy atom. The molecule has 2 aliphatic rings. The van der Waals surface area contributed by atoms with E-state index in [2.05, 4.69) is 35.5 Å². The number of benzene rings is 1. The van der Waals surface area contributed by atoms with Crippen LogP contribution in [0.3, 0.4) is 0 Å². The molecule has 1 aliphatic heterocycles. The molecule has 6 heteroatoms. The molecule has 30 heavy (non-hydrogen) atoms. The van der Waals surface area contributed by atoms with Crippen LogP contribution in [0.15, 0.2) is 42.0 Å². The predicted octanol–water partition coefficient (Wildman–Crippen LogP) is 3.86. The van der Waals surface area contributed by atoms with Gasteiger partial charge < -0.3 is 10.2 Å². The largest absolute Gasteiger partial charge is 0.350 e. The second kappa shape index (κ2) is 9.28. The molecule has 0 spiro atoms. The number of aromatic nitrogens is 2. The van der Waals surface area contributed by atoms with Crippen molar-refractivity contribution in [3.63, 3.8) is 0 Å². The Morgan fingerprint density at radius 3 is 2.87 bits per heavy atom. The van der Waals surface area contributed by atoms with Crippen molar-refractivity contribution in [3.05, 3.63) is 64.5 Å². The lowest BCUT2D eigenvalue weighted by atomic mass is 9.97. The minimum Gasteiger partial charge on any atom is -0.350 e. The molecule has 0 fully saturated rings. The molecule has 0 unspecified atom stereocenters. The van der Waals surface area contributed by atoms with Crippen LogP contribution in [0.4, 0.5) is 0 Å². The van der Waals surface area contributed by atoms with Gasteiger partial charge in [0.2, 0.25) is 0 Å². The molecule has 0 atom stereocenters. The number of allylic oxidation sites excluding steroid dienone is 1. The molecule has 2 amide bonds. The smallest absolute Gasteiger partial charge is 0.272 e. The number of amides is 2. The second-order valence-electron chi connectivity index (χ2n) is 8.32. The minimum atomic E-state index is -0.204. The van der Waals surface area contributed by atoms with Crippen molar-refractivity contribution < 1.29 is 9.59 Å². The Balaban J connectivity index is 1.40. The molecule has 0 bridgehead atoms. The second-order valence-corrected chi connectivity index (χ2v) is 8.32. The standard InChI is InChI=1S/C24H30N4O2/c1-18-7-5-10-20(15-18)17-27-13-6-14-28-22(24(27)30)16-21(26-28)23(29)25-12-11-19-8-3-2-4-9-19/h5,7-8,10,15-16H,2-4,6,9,11-14,17H2,1H3,(H,25,29). The average Bonchev–Trinajstić information content (AvgIpc) is 3.12. The Labute approximate surface area is 178 Å². The van der Waals surface area contributed by atoms with Crippen molar-refractivity contribution in [1.29, 1.82) is 0 Å². The van der Waals surface area contributed by atoms with Gasteiger partial charge in [0.15, 0.2) is 5.69 Å². The van der Waals surface area contributed by atoms with Crippen molar-refractivity contribution in [2.75, 3.05) is 13.1 Å². The Bertz CT molecular complexity index is 960. The van der Waals surface area contributed by atoms with Crippen LogP contribution in [-0.2, 0) is 13.1 Å². The zero-order chi connectivity index (χ0) is 20.9. The summed E-state index contributed by atoms with van der Waals surface area (Å²) in [6, 6.07) is 9.87. The number of carbonyl (C=O) groups excluding carboxylic acids is 2. The molecule has 0 radical (unpaired) electrons. The number of hydrogen-bond acceptors (Lipinski definition) is 3. The molecule has 1 aromatic heterocycles. The summed E-state index contributed by atoms with van der Waals surface area (Å²) in [5.41, 5.74) is 4.56. The lowest BCUT2D eigenvalue weighted by Crippen LogP contribution is -2.30. The van der Waals surface area contributed by atoms with Crippen LogP contribution >= 0.6 is 0 Å². The third-order valence-electron chi connectivity index (χ3n) is 5.89. The van der Waals surface area contributed by atoms with Gasteiger partial charge in [-0.3, -0.25) is 14.3 Å². The third-order valence-corrected chi connectivity index (χ3v) is 5.89. The van der Waals surface area contributed by atoms with Gasteiger partial charge in [0.25, 0.3) is 11.8 Å². The third kappa shape index (κ3) is 4.81. The van der Waals surface area contributed by atoms with Crippen LogP contribution in [0.25, 0.3) is 0 Å². The fraction of sp³-hybridized carbons (Fsp3) is 0.458. The van der Waals surface area contributed by atoms with Crippen LogP contribution in [-0.4, -0.2) is 39.6 Å². The van der Waals surface area contributed by atoms with Crippen LogP contribution in [0.5, 0.6) is 0 Å². The van der Waals surface area contributed by atoms with Crippen molar-refractivity contribution >= 4 is 11.8 Å². The minimum absolute atomic E-state index is 0.0621. The molecule has 0 saturated carbocycles. The summed E-state index contributed by atoms with van der Waals surface area (Å²) in [4.78, 5) is 27.5. The van der Waals surface area contributed by atoms with E-state index in [1.807, 2.05) is 17.0 Å². The van der Waals surface area contributed by atoms with E-state index in [0.29, 0.717) is 37.6 Å². The van der Waals surface area contributed by atoms with E-state index in [1.54, 1.807) is 10.7 Å². The number of nitrogens with one attached hydrogen (secondary N) is 1. The first-order valence-corrected chi connectivity index (χ1v) is 11.0. The summed E-state index contributed by atoms with van der Waals surface area (Å²) in [5.74, 6) is -0.266. The van der Waals surface area contributed by atoms with Crippen molar-refractivity contribution in [2.45, 2.75) is 58.5 Å². The molecular formula is C24H30N4O2. The van der Waals surface area contributed by atoms with Crippen molar-refractivity contribution in [2.24, 2.45) is 0 Å². The summed E-state index contributed by atoms with van der Waals surface area (Å²) in [5, 5.41) is 7.39. The van der Waals surface area contributed by atoms with Gasteiger partial charge in [-0.2, -0.15) is 5.10 Å². The maximum Gasteiger partial charge on any atom is 0.272 e. The van der Waals surface area contributed by atoms with E-state index < -0.39 is 0 Å². The van der Waals surface area contributed by atoms with Gasteiger partial charge in [0.05, 0.1) is 0 Å². The molecule has 158 valence electrons. The van der Waals surface area contributed by atoms with Gasteiger partial charge in [-0.15, -0.1) is 0 Å². The van der Waals surface area contributed by atoms with E-state index in [9.17, 15) is 9.59 Å². The molecule has 1 aromatic carbocycles. The molecule has 6 nitrogen and oxygen atoms in total. The predicted molar refractivity (Wildman–Crippen MR) is 116 cm³/mol. The highest BCUT2D eigenvalue weighted by Gasteiger charge is 2.26. The summed E-state index contributed by atoms with van der Waals surface area (Å²) in [7, 11) is 0. The Kier molecular flexibility index (Phi) is 6.31. The first-order valence-electron chi connectivity index (χ1n) is 11.0. The maximum absolute atomic E-state index is 13.1. The number of rotatable bonds is 6. The topological polar surface area (TPSA) is 67.2 Å². The summed E-state index contributed by atoms with van der Waals surface area (Å²) < 4.78 is 1.69. The van der Waals surface area contributed by atoms with Gasteiger partial charge in [-0.1, -0.05) is 41.5 Å². The average molecular weight is 407 g/mol. The maximum atomic E-state index is 13.1. The van der Waals surface area contributed by atoms with Crippen LogP contribution in [0.2, 0.25) is 0 Å².